The summed E-state index contributed by atoms with van der Waals surface area (Å²) in [7, 11) is 0. The molecule has 1 heteroatoms. The van der Waals surface area contributed by atoms with E-state index in [1.165, 1.54) is 30.4 Å². The molecule has 1 aliphatic carbocycles. The lowest BCUT2D eigenvalue weighted by Crippen LogP contribution is -2.16. The summed E-state index contributed by atoms with van der Waals surface area (Å²) in [5, 5.41) is 9.13. The first kappa shape index (κ1) is 10.2. The van der Waals surface area contributed by atoms with Crippen molar-refractivity contribution in [2.45, 2.75) is 38.5 Å². The molecule has 0 radical (unpaired) electrons. The second-order valence-corrected chi connectivity index (χ2v) is 4.54. The van der Waals surface area contributed by atoms with Gasteiger partial charge in [0.05, 0.1) is 12.0 Å². The second kappa shape index (κ2) is 4.49. The van der Waals surface area contributed by atoms with Crippen molar-refractivity contribution in [3.8, 4) is 6.07 Å². The molecular formula is C14H17N. The van der Waals surface area contributed by atoms with Gasteiger partial charge in [-0.2, -0.15) is 5.26 Å². The quantitative estimate of drug-likeness (QED) is 0.675. The van der Waals surface area contributed by atoms with Gasteiger partial charge in [0.2, 0.25) is 0 Å². The predicted octanol–water partition coefficient (Wildman–Crippen LogP) is 3.79. The summed E-state index contributed by atoms with van der Waals surface area (Å²) in [6, 6.07) is 11.1. The standard InChI is InChI=1S/C14H17N/c1-11-6-8-12(9-7-11)14-5-3-2-4-13(14)10-15/h6-9,13-14H,2-5H2,1H3. The second-order valence-electron chi connectivity index (χ2n) is 4.54. The van der Waals surface area contributed by atoms with Crippen molar-refractivity contribution in [3.05, 3.63) is 35.4 Å². The Labute approximate surface area is 91.7 Å². The van der Waals surface area contributed by atoms with Crippen LogP contribution in [0, 0.1) is 24.2 Å². The lowest BCUT2D eigenvalue weighted by Gasteiger charge is -2.27. The maximum absolute atomic E-state index is 9.13. The smallest absolute Gasteiger partial charge is 0.0662 e. The molecule has 0 bridgehead atoms. The van der Waals surface area contributed by atoms with Gasteiger partial charge in [0.1, 0.15) is 0 Å². The summed E-state index contributed by atoms with van der Waals surface area (Å²) in [5.41, 5.74) is 2.65. The summed E-state index contributed by atoms with van der Waals surface area (Å²) in [4.78, 5) is 0. The van der Waals surface area contributed by atoms with Crippen LogP contribution in [0.1, 0.15) is 42.7 Å². The third-order valence-electron chi connectivity index (χ3n) is 3.44. The maximum atomic E-state index is 9.13. The van der Waals surface area contributed by atoms with Crippen molar-refractivity contribution in [1.82, 2.24) is 0 Å². The van der Waals surface area contributed by atoms with Gasteiger partial charge in [-0.25, -0.2) is 0 Å². The van der Waals surface area contributed by atoms with Crippen LogP contribution >= 0.6 is 0 Å². The van der Waals surface area contributed by atoms with E-state index in [2.05, 4.69) is 37.3 Å². The van der Waals surface area contributed by atoms with Crippen molar-refractivity contribution in [2.75, 3.05) is 0 Å². The molecule has 0 spiro atoms. The molecule has 0 saturated heterocycles. The third-order valence-corrected chi connectivity index (χ3v) is 3.44. The fourth-order valence-electron chi connectivity index (χ4n) is 2.50. The van der Waals surface area contributed by atoms with Gasteiger partial charge >= 0.3 is 0 Å². The molecule has 1 aliphatic rings. The molecule has 0 aromatic heterocycles. The van der Waals surface area contributed by atoms with Gasteiger partial charge in [-0.3, -0.25) is 0 Å². The Hall–Kier alpha value is -1.29. The molecule has 0 N–H and O–H groups in total. The predicted molar refractivity (Wildman–Crippen MR) is 61.5 cm³/mol. The minimum atomic E-state index is 0.237. The number of hydrogen-bond acceptors (Lipinski definition) is 1. The third kappa shape index (κ3) is 2.21. The first-order valence-electron chi connectivity index (χ1n) is 5.77. The molecule has 0 aliphatic heterocycles. The van der Waals surface area contributed by atoms with E-state index < -0.39 is 0 Å². The van der Waals surface area contributed by atoms with E-state index in [0.29, 0.717) is 5.92 Å². The van der Waals surface area contributed by atoms with Crippen LogP contribution in [0.4, 0.5) is 0 Å². The molecule has 2 rings (SSSR count). The lowest BCUT2D eigenvalue weighted by atomic mass is 9.76. The fourth-order valence-corrected chi connectivity index (χ4v) is 2.50. The van der Waals surface area contributed by atoms with Gasteiger partial charge in [0.15, 0.2) is 0 Å². The zero-order valence-corrected chi connectivity index (χ0v) is 9.24. The molecule has 0 amide bonds. The first-order valence-corrected chi connectivity index (χ1v) is 5.77. The number of nitrogens with zero attached hydrogens (tertiary/aromatic N) is 1. The normalized spacial score (nSPS) is 25.9. The van der Waals surface area contributed by atoms with Crippen LogP contribution in [-0.2, 0) is 0 Å². The van der Waals surface area contributed by atoms with Crippen LogP contribution in [-0.4, -0.2) is 0 Å². The highest BCUT2D eigenvalue weighted by Crippen LogP contribution is 2.37. The molecule has 2 atom stereocenters. The lowest BCUT2D eigenvalue weighted by molar-refractivity contribution is 0.369. The van der Waals surface area contributed by atoms with Gasteiger partial charge in [-0.1, -0.05) is 42.7 Å². The van der Waals surface area contributed by atoms with Crippen molar-refractivity contribution in [2.24, 2.45) is 5.92 Å². The summed E-state index contributed by atoms with van der Waals surface area (Å²) in [6.45, 7) is 2.10. The van der Waals surface area contributed by atoms with Gasteiger partial charge < -0.3 is 0 Å². The summed E-state index contributed by atoms with van der Waals surface area (Å²) in [5.74, 6) is 0.714. The molecule has 2 unspecified atom stereocenters. The van der Waals surface area contributed by atoms with Crippen LogP contribution in [0.5, 0.6) is 0 Å². The zero-order chi connectivity index (χ0) is 10.7. The Balaban J connectivity index is 2.21. The minimum Gasteiger partial charge on any atom is -0.198 e. The van der Waals surface area contributed by atoms with E-state index in [9.17, 15) is 0 Å². The highest BCUT2D eigenvalue weighted by molar-refractivity contribution is 5.26. The minimum absolute atomic E-state index is 0.237. The number of aryl methyl sites for hydroxylation is 1. The van der Waals surface area contributed by atoms with E-state index in [1.54, 1.807) is 0 Å². The summed E-state index contributed by atoms with van der Waals surface area (Å²) >= 11 is 0. The van der Waals surface area contributed by atoms with E-state index in [4.69, 9.17) is 5.26 Å². The van der Waals surface area contributed by atoms with Crippen LogP contribution in [0.3, 0.4) is 0 Å². The van der Waals surface area contributed by atoms with E-state index in [-0.39, 0.29) is 5.92 Å². The number of rotatable bonds is 1. The Kier molecular flexibility index (Phi) is 3.06. The van der Waals surface area contributed by atoms with Gasteiger partial charge in [0, 0.05) is 0 Å². The molecule has 1 nitrogen and oxygen atoms in total. The van der Waals surface area contributed by atoms with Gasteiger partial charge in [0.25, 0.3) is 0 Å². The van der Waals surface area contributed by atoms with E-state index in [0.717, 1.165) is 6.42 Å². The molecule has 1 aromatic carbocycles. The van der Waals surface area contributed by atoms with Gasteiger partial charge in [-0.05, 0) is 31.2 Å². The van der Waals surface area contributed by atoms with Crippen LogP contribution in [0.15, 0.2) is 24.3 Å². The Bertz CT molecular complexity index is 358. The van der Waals surface area contributed by atoms with Gasteiger partial charge in [-0.15, -0.1) is 0 Å². The summed E-state index contributed by atoms with van der Waals surface area (Å²) < 4.78 is 0. The van der Waals surface area contributed by atoms with Crippen molar-refractivity contribution in [3.63, 3.8) is 0 Å². The largest absolute Gasteiger partial charge is 0.198 e. The maximum Gasteiger partial charge on any atom is 0.0662 e. The van der Waals surface area contributed by atoms with Crippen LogP contribution in [0.2, 0.25) is 0 Å². The Morgan fingerprint density at radius 1 is 1.13 bits per heavy atom. The Morgan fingerprint density at radius 2 is 1.80 bits per heavy atom. The molecule has 78 valence electrons. The monoisotopic (exact) mass is 199 g/mol. The topological polar surface area (TPSA) is 23.8 Å². The van der Waals surface area contributed by atoms with E-state index >= 15 is 0 Å². The molecule has 1 fully saturated rings. The summed E-state index contributed by atoms with van der Waals surface area (Å²) in [6.07, 6.45) is 4.76. The molecule has 1 aromatic rings. The Morgan fingerprint density at radius 3 is 2.47 bits per heavy atom. The van der Waals surface area contributed by atoms with Crippen molar-refractivity contribution >= 4 is 0 Å². The molecule has 1 saturated carbocycles. The number of nitriles is 1. The van der Waals surface area contributed by atoms with Crippen LogP contribution in [0.25, 0.3) is 0 Å². The average molecular weight is 199 g/mol. The first-order chi connectivity index (χ1) is 7.31. The van der Waals surface area contributed by atoms with Crippen molar-refractivity contribution < 1.29 is 0 Å². The van der Waals surface area contributed by atoms with Crippen molar-refractivity contribution in [1.29, 1.82) is 5.26 Å². The molecule has 15 heavy (non-hydrogen) atoms. The highest BCUT2D eigenvalue weighted by Gasteiger charge is 2.25. The van der Waals surface area contributed by atoms with E-state index in [1.807, 2.05) is 0 Å². The highest BCUT2D eigenvalue weighted by atomic mass is 14.3. The van der Waals surface area contributed by atoms with Crippen LogP contribution < -0.4 is 0 Å². The molecule has 0 heterocycles. The average Bonchev–Trinajstić information content (AvgIpc) is 2.30. The number of benzene rings is 1. The molecular weight excluding hydrogens is 182 g/mol. The fraction of sp³-hybridized carbons (Fsp3) is 0.500. The zero-order valence-electron chi connectivity index (χ0n) is 9.24. The number of hydrogen-bond donors (Lipinski definition) is 0. The SMILES string of the molecule is Cc1ccc(C2CCCCC2C#N)cc1.